The summed E-state index contributed by atoms with van der Waals surface area (Å²) in [4.78, 5) is 6.58. The summed E-state index contributed by atoms with van der Waals surface area (Å²) in [6, 6.07) is 2.08. The monoisotopic (exact) mass is 235 g/mol. The minimum absolute atomic E-state index is 0.551. The minimum Gasteiger partial charge on any atom is -0.371 e. The zero-order valence-electron chi connectivity index (χ0n) is 11.5. The summed E-state index contributed by atoms with van der Waals surface area (Å²) in [6.07, 6.45) is 3.73. The van der Waals surface area contributed by atoms with Gasteiger partial charge in [-0.1, -0.05) is 27.7 Å². The van der Waals surface area contributed by atoms with Gasteiger partial charge in [0, 0.05) is 43.3 Å². The van der Waals surface area contributed by atoms with Crippen LogP contribution in [0.15, 0.2) is 18.5 Å². The molecule has 0 fully saturated rings. The van der Waals surface area contributed by atoms with Crippen molar-refractivity contribution in [1.82, 2.24) is 4.98 Å². The molecule has 3 heteroatoms. The summed E-state index contributed by atoms with van der Waals surface area (Å²) < 4.78 is 0. The third-order valence-electron chi connectivity index (χ3n) is 2.61. The molecule has 0 bridgehead atoms. The van der Waals surface area contributed by atoms with E-state index in [1.165, 1.54) is 5.69 Å². The van der Waals surface area contributed by atoms with Crippen LogP contribution in [0.1, 0.15) is 33.3 Å². The molecule has 1 aromatic rings. The van der Waals surface area contributed by atoms with Crippen LogP contribution in [0.5, 0.6) is 0 Å². The molecule has 0 unspecified atom stereocenters. The van der Waals surface area contributed by atoms with Crippen LogP contribution >= 0.6 is 0 Å². The second-order valence-corrected chi connectivity index (χ2v) is 5.40. The Hall–Kier alpha value is -1.09. The Bertz CT molecular complexity index is 324. The van der Waals surface area contributed by atoms with Crippen molar-refractivity contribution in [3.63, 3.8) is 0 Å². The van der Waals surface area contributed by atoms with E-state index in [9.17, 15) is 0 Å². The molecule has 0 aliphatic carbocycles. The molecule has 3 nitrogen and oxygen atoms in total. The Morgan fingerprint density at radius 2 is 1.76 bits per heavy atom. The van der Waals surface area contributed by atoms with Gasteiger partial charge in [0.25, 0.3) is 0 Å². The van der Waals surface area contributed by atoms with Gasteiger partial charge in [-0.15, -0.1) is 0 Å². The quantitative estimate of drug-likeness (QED) is 0.824. The van der Waals surface area contributed by atoms with Gasteiger partial charge in [0.1, 0.15) is 0 Å². The summed E-state index contributed by atoms with van der Waals surface area (Å²) in [7, 11) is 0. The molecule has 0 saturated heterocycles. The van der Waals surface area contributed by atoms with Crippen molar-refractivity contribution in [2.75, 3.05) is 18.0 Å². The summed E-state index contributed by atoms with van der Waals surface area (Å²) in [5, 5.41) is 0. The first-order valence-corrected chi connectivity index (χ1v) is 6.42. The minimum atomic E-state index is 0.551. The normalized spacial score (nSPS) is 11.2. The molecule has 0 spiro atoms. The van der Waals surface area contributed by atoms with Crippen LogP contribution in [0.2, 0.25) is 0 Å². The molecular formula is C14H25N3. The van der Waals surface area contributed by atoms with E-state index in [1.54, 1.807) is 0 Å². The van der Waals surface area contributed by atoms with Gasteiger partial charge in [-0.25, -0.2) is 0 Å². The molecule has 17 heavy (non-hydrogen) atoms. The number of hydrogen-bond donors (Lipinski definition) is 1. The highest BCUT2D eigenvalue weighted by atomic mass is 15.1. The van der Waals surface area contributed by atoms with Crippen molar-refractivity contribution in [3.05, 3.63) is 24.0 Å². The molecule has 96 valence electrons. The van der Waals surface area contributed by atoms with Gasteiger partial charge in [-0.3, -0.25) is 4.98 Å². The summed E-state index contributed by atoms with van der Waals surface area (Å²) in [6.45, 7) is 11.7. The largest absolute Gasteiger partial charge is 0.371 e. The van der Waals surface area contributed by atoms with E-state index in [-0.39, 0.29) is 0 Å². The van der Waals surface area contributed by atoms with E-state index in [2.05, 4.69) is 43.6 Å². The molecule has 1 rings (SSSR count). The van der Waals surface area contributed by atoms with E-state index in [0.29, 0.717) is 18.4 Å². The van der Waals surface area contributed by atoms with E-state index in [0.717, 1.165) is 18.7 Å². The first-order valence-electron chi connectivity index (χ1n) is 6.42. The molecule has 0 saturated carbocycles. The third-order valence-corrected chi connectivity index (χ3v) is 2.61. The van der Waals surface area contributed by atoms with Gasteiger partial charge in [-0.2, -0.15) is 0 Å². The molecule has 0 radical (unpaired) electrons. The number of aromatic nitrogens is 1. The molecule has 1 heterocycles. The molecule has 0 aromatic carbocycles. The van der Waals surface area contributed by atoms with Crippen molar-refractivity contribution in [1.29, 1.82) is 0 Å². The topological polar surface area (TPSA) is 42.2 Å². The molecular weight excluding hydrogens is 210 g/mol. The first-order chi connectivity index (χ1) is 8.04. The highest BCUT2D eigenvalue weighted by Gasteiger charge is 2.13. The van der Waals surface area contributed by atoms with Crippen LogP contribution in [0, 0.1) is 11.8 Å². The van der Waals surface area contributed by atoms with Crippen LogP contribution < -0.4 is 10.6 Å². The molecule has 2 N–H and O–H groups in total. The predicted molar refractivity (Wildman–Crippen MR) is 74.0 cm³/mol. The second-order valence-electron chi connectivity index (χ2n) is 5.40. The Morgan fingerprint density at radius 3 is 2.24 bits per heavy atom. The lowest BCUT2D eigenvalue weighted by Gasteiger charge is -2.30. The van der Waals surface area contributed by atoms with Gasteiger partial charge >= 0.3 is 0 Å². The van der Waals surface area contributed by atoms with Crippen LogP contribution in [0.4, 0.5) is 5.69 Å². The van der Waals surface area contributed by atoms with E-state index in [4.69, 9.17) is 5.73 Å². The fourth-order valence-electron chi connectivity index (χ4n) is 2.04. The zero-order valence-corrected chi connectivity index (χ0v) is 11.5. The standard InChI is InChI=1S/C14H25N3/c1-11(2)9-17(10-12(3)4)14-5-6-16-8-13(14)7-15/h5-6,8,11-12H,7,9-10,15H2,1-4H3. The highest BCUT2D eigenvalue weighted by Crippen LogP contribution is 2.21. The van der Waals surface area contributed by atoms with E-state index >= 15 is 0 Å². The molecule has 0 aliphatic rings. The van der Waals surface area contributed by atoms with Gasteiger partial charge < -0.3 is 10.6 Å². The van der Waals surface area contributed by atoms with Crippen molar-refractivity contribution in [3.8, 4) is 0 Å². The Balaban J connectivity index is 2.94. The highest BCUT2D eigenvalue weighted by molar-refractivity contribution is 5.52. The fraction of sp³-hybridized carbons (Fsp3) is 0.643. The smallest absolute Gasteiger partial charge is 0.0442 e. The van der Waals surface area contributed by atoms with Gasteiger partial charge in [0.05, 0.1) is 0 Å². The number of rotatable bonds is 6. The fourth-order valence-corrected chi connectivity index (χ4v) is 2.04. The molecule has 1 aromatic heterocycles. The van der Waals surface area contributed by atoms with E-state index in [1.807, 2.05) is 12.4 Å². The van der Waals surface area contributed by atoms with Gasteiger partial charge in [0.15, 0.2) is 0 Å². The lowest BCUT2D eigenvalue weighted by Crippen LogP contribution is -2.32. The number of anilines is 1. The van der Waals surface area contributed by atoms with Crippen molar-refractivity contribution >= 4 is 5.69 Å². The number of pyridine rings is 1. The average molecular weight is 235 g/mol. The molecule has 0 aliphatic heterocycles. The summed E-state index contributed by atoms with van der Waals surface area (Å²) in [5.74, 6) is 1.29. The Labute approximate surface area is 105 Å². The van der Waals surface area contributed by atoms with Crippen LogP contribution in [0.25, 0.3) is 0 Å². The van der Waals surface area contributed by atoms with Crippen molar-refractivity contribution in [2.45, 2.75) is 34.2 Å². The zero-order chi connectivity index (χ0) is 12.8. The maximum atomic E-state index is 5.78. The van der Waals surface area contributed by atoms with Crippen molar-refractivity contribution in [2.24, 2.45) is 17.6 Å². The first kappa shape index (κ1) is 14.0. The average Bonchev–Trinajstić information content (AvgIpc) is 2.27. The molecule has 0 amide bonds. The number of nitrogens with two attached hydrogens (primary N) is 1. The van der Waals surface area contributed by atoms with E-state index < -0.39 is 0 Å². The summed E-state index contributed by atoms with van der Waals surface area (Å²) >= 11 is 0. The lowest BCUT2D eigenvalue weighted by atomic mass is 10.1. The predicted octanol–water partition coefficient (Wildman–Crippen LogP) is 2.66. The summed E-state index contributed by atoms with van der Waals surface area (Å²) in [5.41, 5.74) is 8.16. The third kappa shape index (κ3) is 4.35. The van der Waals surface area contributed by atoms with Gasteiger partial charge in [-0.05, 0) is 17.9 Å². The number of hydrogen-bond acceptors (Lipinski definition) is 3. The van der Waals surface area contributed by atoms with Crippen LogP contribution in [0.3, 0.4) is 0 Å². The van der Waals surface area contributed by atoms with Crippen LogP contribution in [-0.2, 0) is 6.54 Å². The maximum absolute atomic E-state index is 5.78. The maximum Gasteiger partial charge on any atom is 0.0442 e. The Kier molecular flexibility index (Phi) is 5.42. The van der Waals surface area contributed by atoms with Crippen LogP contribution in [-0.4, -0.2) is 18.1 Å². The Morgan fingerprint density at radius 1 is 1.18 bits per heavy atom. The SMILES string of the molecule is CC(C)CN(CC(C)C)c1ccncc1CN. The number of nitrogens with zero attached hydrogens (tertiary/aromatic N) is 2. The van der Waals surface area contributed by atoms with Gasteiger partial charge in [0.2, 0.25) is 0 Å². The van der Waals surface area contributed by atoms with Crippen molar-refractivity contribution < 1.29 is 0 Å². The molecule has 0 atom stereocenters. The lowest BCUT2D eigenvalue weighted by molar-refractivity contribution is 0.551. The second kappa shape index (κ2) is 6.60.